The highest BCUT2D eigenvalue weighted by atomic mass is 35.5. The number of nitrogens with one attached hydrogen (secondary N) is 2. The van der Waals surface area contributed by atoms with Crippen molar-refractivity contribution in [2.24, 2.45) is 10.9 Å². The van der Waals surface area contributed by atoms with Gasteiger partial charge in [-0.2, -0.15) is 5.10 Å². The number of ether oxygens (including phenoxy) is 1. The molecule has 10 heteroatoms. The molecule has 3 rings (SSSR count). The van der Waals surface area contributed by atoms with Gasteiger partial charge in [0.25, 0.3) is 5.91 Å². The molecule has 0 spiro atoms. The third-order valence-corrected chi connectivity index (χ3v) is 4.55. The Labute approximate surface area is 175 Å². The van der Waals surface area contributed by atoms with E-state index in [-0.39, 0.29) is 34.6 Å². The lowest BCUT2D eigenvalue weighted by Gasteiger charge is -2.13. The summed E-state index contributed by atoms with van der Waals surface area (Å²) in [6, 6.07) is 5.38. The summed E-state index contributed by atoms with van der Waals surface area (Å²) in [5, 5.41) is 9.64. The molecule has 0 saturated carbocycles. The zero-order valence-electron chi connectivity index (χ0n) is 16.1. The van der Waals surface area contributed by atoms with Crippen LogP contribution in [0.15, 0.2) is 35.3 Å². The molecule has 6 nitrogen and oxygen atoms in total. The number of hydrogen-bond donors (Lipinski definition) is 2. The lowest BCUT2D eigenvalue weighted by Crippen LogP contribution is -2.32. The van der Waals surface area contributed by atoms with E-state index in [1.54, 1.807) is 7.11 Å². The number of aromatic amines is 1. The van der Waals surface area contributed by atoms with Crippen LogP contribution < -0.4 is 5.32 Å². The Morgan fingerprint density at radius 2 is 2.00 bits per heavy atom. The van der Waals surface area contributed by atoms with Crippen molar-refractivity contribution in [2.75, 3.05) is 13.7 Å². The van der Waals surface area contributed by atoms with E-state index in [4.69, 9.17) is 16.3 Å². The van der Waals surface area contributed by atoms with Crippen LogP contribution in [0, 0.1) is 23.4 Å². The van der Waals surface area contributed by atoms with E-state index in [0.717, 1.165) is 18.2 Å². The number of fused-ring (bicyclic) bond motifs is 1. The molecule has 1 amide bonds. The molecule has 2 N–H and O–H groups in total. The molecule has 0 bridgehead atoms. The van der Waals surface area contributed by atoms with Gasteiger partial charge in [-0.25, -0.2) is 18.2 Å². The molecule has 0 aliphatic carbocycles. The first-order valence-corrected chi connectivity index (χ1v) is 9.32. The Kier molecular flexibility index (Phi) is 6.73. The molecular weight excluding hydrogens is 421 g/mol. The maximum atomic E-state index is 13.9. The van der Waals surface area contributed by atoms with Gasteiger partial charge in [0.05, 0.1) is 10.5 Å². The van der Waals surface area contributed by atoms with Crippen LogP contribution in [0.1, 0.15) is 23.7 Å². The van der Waals surface area contributed by atoms with E-state index < -0.39 is 23.4 Å². The minimum absolute atomic E-state index is 0.0320. The SMILES string of the molecule is COC[C@H](C)CC(=Nc1n[nH]c2cc(Cl)c(F)cc12)NC(=O)c1ccc(F)c(F)c1. The average molecular weight is 439 g/mol. The Morgan fingerprint density at radius 1 is 1.23 bits per heavy atom. The summed E-state index contributed by atoms with van der Waals surface area (Å²) in [6.45, 7) is 2.27. The van der Waals surface area contributed by atoms with Crippen LogP contribution in [0.25, 0.3) is 10.9 Å². The number of carbonyl (C=O) groups is 1. The quantitative estimate of drug-likeness (QED) is 0.430. The number of hydrogen-bond acceptors (Lipinski definition) is 4. The molecule has 0 fully saturated rings. The number of methoxy groups -OCH3 is 1. The number of carbonyl (C=O) groups excluding carboxylic acids is 1. The maximum Gasteiger partial charge on any atom is 0.256 e. The summed E-state index contributed by atoms with van der Waals surface area (Å²) in [4.78, 5) is 16.9. The van der Waals surface area contributed by atoms with E-state index in [0.29, 0.717) is 17.5 Å². The van der Waals surface area contributed by atoms with Crippen molar-refractivity contribution >= 4 is 40.1 Å². The van der Waals surface area contributed by atoms with Gasteiger partial charge in [-0.3, -0.25) is 9.89 Å². The molecule has 2 aromatic carbocycles. The minimum Gasteiger partial charge on any atom is -0.384 e. The van der Waals surface area contributed by atoms with E-state index in [1.165, 1.54) is 12.1 Å². The van der Waals surface area contributed by atoms with Gasteiger partial charge in [-0.15, -0.1) is 0 Å². The molecule has 0 saturated heterocycles. The monoisotopic (exact) mass is 438 g/mol. The number of amidine groups is 1. The molecule has 158 valence electrons. The van der Waals surface area contributed by atoms with E-state index in [1.807, 2.05) is 6.92 Å². The summed E-state index contributed by atoms with van der Waals surface area (Å²) < 4.78 is 45.6. The normalized spacial score (nSPS) is 12.9. The third-order valence-electron chi connectivity index (χ3n) is 4.26. The second kappa shape index (κ2) is 9.27. The highest BCUT2D eigenvalue weighted by Crippen LogP contribution is 2.28. The van der Waals surface area contributed by atoms with Crippen LogP contribution in [0.4, 0.5) is 19.0 Å². The second-order valence-corrected chi connectivity index (χ2v) is 7.17. The van der Waals surface area contributed by atoms with Gasteiger partial charge in [0.2, 0.25) is 0 Å². The average Bonchev–Trinajstić information content (AvgIpc) is 3.05. The summed E-state index contributed by atoms with van der Waals surface area (Å²) in [5.41, 5.74) is 0.391. The largest absolute Gasteiger partial charge is 0.384 e. The molecule has 30 heavy (non-hydrogen) atoms. The number of nitrogens with zero attached hydrogens (tertiary/aromatic N) is 2. The van der Waals surface area contributed by atoms with Crippen molar-refractivity contribution < 1.29 is 22.7 Å². The Hall–Kier alpha value is -2.91. The van der Waals surface area contributed by atoms with Gasteiger partial charge in [0.15, 0.2) is 17.5 Å². The molecule has 1 heterocycles. The van der Waals surface area contributed by atoms with E-state index in [9.17, 15) is 18.0 Å². The molecule has 0 aliphatic rings. The zero-order valence-corrected chi connectivity index (χ0v) is 16.9. The molecule has 1 atom stereocenters. The lowest BCUT2D eigenvalue weighted by atomic mass is 10.1. The molecule has 1 aromatic heterocycles. The van der Waals surface area contributed by atoms with Crippen molar-refractivity contribution in [3.8, 4) is 0 Å². The van der Waals surface area contributed by atoms with Crippen molar-refractivity contribution in [2.45, 2.75) is 13.3 Å². The number of amides is 1. The Bertz CT molecular complexity index is 1120. The molecule has 0 radical (unpaired) electrons. The zero-order chi connectivity index (χ0) is 21.8. The van der Waals surface area contributed by atoms with Crippen molar-refractivity contribution in [3.63, 3.8) is 0 Å². The molecule has 3 aromatic rings. The number of aromatic nitrogens is 2. The topological polar surface area (TPSA) is 79.4 Å². The smallest absolute Gasteiger partial charge is 0.256 e. The van der Waals surface area contributed by atoms with E-state index >= 15 is 0 Å². The standard InChI is InChI=1S/C20H18ClF3N4O2/c1-10(9-30-2)5-18(26-20(29)11-3-4-14(22)16(24)6-11)25-19-12-7-15(23)13(21)8-17(12)27-28-19/h3-4,6-8,10H,5,9H2,1-2H3,(H2,25,26,27,28,29)/t10-/m1/s1. The number of benzene rings is 2. The van der Waals surface area contributed by atoms with Crippen LogP contribution in [0.3, 0.4) is 0 Å². The first-order valence-electron chi connectivity index (χ1n) is 8.94. The summed E-state index contributed by atoms with van der Waals surface area (Å²) in [6.07, 6.45) is 0.285. The van der Waals surface area contributed by atoms with Gasteiger partial charge in [0.1, 0.15) is 11.7 Å². The van der Waals surface area contributed by atoms with Gasteiger partial charge < -0.3 is 10.1 Å². The lowest BCUT2D eigenvalue weighted by molar-refractivity contribution is 0.0974. The van der Waals surface area contributed by atoms with Crippen LogP contribution >= 0.6 is 11.6 Å². The predicted octanol–water partition coefficient (Wildman–Crippen LogP) is 4.77. The van der Waals surface area contributed by atoms with Crippen LogP contribution in [0.5, 0.6) is 0 Å². The minimum atomic E-state index is -1.14. The second-order valence-electron chi connectivity index (χ2n) is 6.77. The fraction of sp³-hybridized carbons (Fsp3) is 0.250. The molecule has 0 aliphatic heterocycles. The van der Waals surface area contributed by atoms with Crippen molar-refractivity contribution in [1.82, 2.24) is 15.5 Å². The highest BCUT2D eigenvalue weighted by Gasteiger charge is 2.16. The number of rotatable bonds is 6. The number of H-pyrrole nitrogens is 1. The third kappa shape index (κ3) is 4.98. The predicted molar refractivity (Wildman–Crippen MR) is 108 cm³/mol. The van der Waals surface area contributed by atoms with Gasteiger partial charge in [-0.1, -0.05) is 18.5 Å². The van der Waals surface area contributed by atoms with Crippen molar-refractivity contribution in [1.29, 1.82) is 0 Å². The van der Waals surface area contributed by atoms with Crippen molar-refractivity contribution in [3.05, 3.63) is 58.4 Å². The van der Waals surface area contributed by atoms with Crippen LogP contribution in [0.2, 0.25) is 5.02 Å². The fourth-order valence-corrected chi connectivity index (χ4v) is 3.01. The van der Waals surface area contributed by atoms with Gasteiger partial charge in [-0.05, 0) is 36.2 Å². The van der Waals surface area contributed by atoms with Gasteiger partial charge in [0, 0.05) is 31.1 Å². The first kappa shape index (κ1) is 21.8. The maximum absolute atomic E-state index is 13.9. The fourth-order valence-electron chi connectivity index (χ4n) is 2.85. The highest BCUT2D eigenvalue weighted by molar-refractivity contribution is 6.31. The molecule has 0 unspecified atom stereocenters. The Morgan fingerprint density at radius 3 is 2.70 bits per heavy atom. The Balaban J connectivity index is 1.95. The summed E-state index contributed by atoms with van der Waals surface area (Å²) in [7, 11) is 1.54. The summed E-state index contributed by atoms with van der Waals surface area (Å²) in [5.74, 6) is -3.19. The van der Waals surface area contributed by atoms with Crippen LogP contribution in [-0.2, 0) is 4.74 Å². The summed E-state index contributed by atoms with van der Waals surface area (Å²) >= 11 is 5.78. The van der Waals surface area contributed by atoms with Crippen LogP contribution in [-0.4, -0.2) is 35.7 Å². The van der Waals surface area contributed by atoms with Gasteiger partial charge >= 0.3 is 0 Å². The first-order chi connectivity index (χ1) is 14.3. The number of aliphatic imine (C=N–C) groups is 1. The molecular formula is C20H18ClF3N4O2. The number of halogens is 4. The van der Waals surface area contributed by atoms with E-state index in [2.05, 4.69) is 20.5 Å².